The van der Waals surface area contributed by atoms with Crippen LogP contribution in [0.5, 0.6) is 0 Å². The average molecular weight is 483 g/mol. The van der Waals surface area contributed by atoms with Crippen LogP contribution in [0.25, 0.3) is 0 Å². The smallest absolute Gasteiger partial charge is 0.251 e. The number of nitrogens with one attached hydrogen (secondary N) is 1. The summed E-state index contributed by atoms with van der Waals surface area (Å²) in [5.74, 6) is -0.273. The van der Waals surface area contributed by atoms with Crippen LogP contribution in [-0.4, -0.2) is 41.0 Å². The monoisotopic (exact) mass is 482 g/mol. The lowest BCUT2D eigenvalue weighted by Crippen LogP contribution is -2.59. The first-order valence-electron chi connectivity index (χ1n) is 12.3. The van der Waals surface area contributed by atoms with Crippen LogP contribution in [0.2, 0.25) is 5.02 Å². The summed E-state index contributed by atoms with van der Waals surface area (Å²) in [4.78, 5) is 28.5. The molecule has 1 aliphatic heterocycles. The highest BCUT2D eigenvalue weighted by Crippen LogP contribution is 2.46. The molecule has 3 atom stereocenters. The van der Waals surface area contributed by atoms with Crippen molar-refractivity contribution in [2.45, 2.75) is 64.5 Å². The van der Waals surface area contributed by atoms with Crippen LogP contribution in [0.3, 0.4) is 0 Å². The van der Waals surface area contributed by atoms with Crippen LogP contribution in [0, 0.1) is 18.3 Å². The minimum absolute atomic E-state index is 0.0838. The van der Waals surface area contributed by atoms with Gasteiger partial charge in [0.15, 0.2) is 0 Å². The molecule has 6 heteroatoms. The molecule has 34 heavy (non-hydrogen) atoms. The number of hydrogen-bond acceptors (Lipinski definition) is 3. The van der Waals surface area contributed by atoms with Crippen molar-refractivity contribution in [1.82, 2.24) is 10.2 Å². The largest absolute Gasteiger partial charge is 0.384 e. The molecule has 0 spiro atoms. The Bertz CT molecular complexity index is 1050. The number of piperidine rings is 1. The maximum Gasteiger partial charge on any atom is 0.251 e. The van der Waals surface area contributed by atoms with Crippen LogP contribution >= 0.6 is 11.6 Å². The van der Waals surface area contributed by atoms with Gasteiger partial charge in [0, 0.05) is 35.1 Å². The van der Waals surface area contributed by atoms with E-state index >= 15 is 0 Å². The molecule has 2 amide bonds. The zero-order valence-electron chi connectivity index (χ0n) is 20.3. The minimum atomic E-state index is -1.04. The molecule has 2 aliphatic rings. The van der Waals surface area contributed by atoms with Crippen molar-refractivity contribution in [3.05, 3.63) is 70.2 Å². The highest BCUT2D eigenvalue weighted by Gasteiger charge is 2.50. The molecule has 4 rings (SSSR count). The molecular formula is C28H35ClN2O3. The fraction of sp³-hybridized carbons (Fsp3) is 0.500. The Hall–Kier alpha value is -2.37. The van der Waals surface area contributed by atoms with E-state index in [1.165, 1.54) is 0 Å². The maximum atomic E-state index is 13.7. The first kappa shape index (κ1) is 24.7. The summed E-state index contributed by atoms with van der Waals surface area (Å²) in [5, 5.41) is 15.4. The molecule has 1 saturated heterocycles. The van der Waals surface area contributed by atoms with E-state index in [1.54, 1.807) is 12.1 Å². The summed E-state index contributed by atoms with van der Waals surface area (Å²) in [6, 6.07) is 14.7. The van der Waals surface area contributed by atoms with Gasteiger partial charge in [-0.05, 0) is 56.0 Å². The summed E-state index contributed by atoms with van der Waals surface area (Å²) in [6.45, 7) is 6.93. The van der Waals surface area contributed by atoms with Crippen molar-refractivity contribution >= 4 is 23.4 Å². The van der Waals surface area contributed by atoms with Gasteiger partial charge < -0.3 is 15.3 Å². The van der Waals surface area contributed by atoms with Crippen LogP contribution < -0.4 is 5.32 Å². The van der Waals surface area contributed by atoms with Gasteiger partial charge in [-0.1, -0.05) is 68.1 Å². The van der Waals surface area contributed by atoms with Gasteiger partial charge in [-0.15, -0.1) is 0 Å². The van der Waals surface area contributed by atoms with Crippen molar-refractivity contribution in [1.29, 1.82) is 0 Å². The van der Waals surface area contributed by atoms with Crippen LogP contribution in [-0.2, 0) is 10.4 Å². The zero-order valence-corrected chi connectivity index (χ0v) is 21.1. The first-order valence-corrected chi connectivity index (χ1v) is 12.6. The van der Waals surface area contributed by atoms with E-state index in [2.05, 4.69) is 5.32 Å². The number of benzene rings is 2. The van der Waals surface area contributed by atoms with Crippen molar-refractivity contribution in [2.75, 3.05) is 13.1 Å². The fourth-order valence-electron chi connectivity index (χ4n) is 5.64. The SMILES string of the molecule is Cc1cccc(C(=O)N[C@@H]2CCCC[C@@H]2C(=O)N2CC[C@](O)(c3ccc(Cl)cc3)C(C)(C)C2)c1. The number of rotatable bonds is 4. The van der Waals surface area contributed by atoms with E-state index in [0.29, 0.717) is 30.1 Å². The van der Waals surface area contributed by atoms with Gasteiger partial charge in [0.25, 0.3) is 5.91 Å². The summed E-state index contributed by atoms with van der Waals surface area (Å²) >= 11 is 6.05. The minimum Gasteiger partial charge on any atom is -0.384 e. The molecule has 0 unspecified atom stereocenters. The third-order valence-electron chi connectivity index (χ3n) is 7.76. The molecule has 0 bridgehead atoms. The van der Waals surface area contributed by atoms with E-state index in [-0.39, 0.29) is 23.8 Å². The lowest BCUT2D eigenvalue weighted by Gasteiger charge is -2.51. The molecule has 182 valence electrons. The number of nitrogens with zero attached hydrogens (tertiary/aromatic N) is 1. The molecule has 1 aliphatic carbocycles. The van der Waals surface area contributed by atoms with Crippen LogP contribution in [0.1, 0.15) is 67.4 Å². The number of amides is 2. The molecule has 0 radical (unpaired) electrons. The average Bonchev–Trinajstić information content (AvgIpc) is 2.81. The van der Waals surface area contributed by atoms with E-state index in [9.17, 15) is 14.7 Å². The summed E-state index contributed by atoms with van der Waals surface area (Å²) in [7, 11) is 0. The number of halogens is 1. The van der Waals surface area contributed by atoms with Gasteiger partial charge in [-0.25, -0.2) is 0 Å². The molecule has 5 nitrogen and oxygen atoms in total. The molecular weight excluding hydrogens is 448 g/mol. The summed E-state index contributed by atoms with van der Waals surface area (Å²) in [6.07, 6.45) is 4.03. The Morgan fingerprint density at radius 1 is 1.09 bits per heavy atom. The molecule has 0 aromatic heterocycles. The van der Waals surface area contributed by atoms with Gasteiger partial charge in [0.2, 0.25) is 5.91 Å². The van der Waals surface area contributed by atoms with Crippen molar-refractivity contribution < 1.29 is 14.7 Å². The number of aryl methyl sites for hydroxylation is 1. The molecule has 2 aromatic carbocycles. The Morgan fingerprint density at radius 3 is 2.47 bits per heavy atom. The van der Waals surface area contributed by atoms with Gasteiger partial charge >= 0.3 is 0 Å². The topological polar surface area (TPSA) is 69.6 Å². The predicted octanol–water partition coefficient (Wildman–Crippen LogP) is 5.08. The number of aliphatic hydroxyl groups is 1. The van der Waals surface area contributed by atoms with Crippen LogP contribution in [0.15, 0.2) is 48.5 Å². The molecule has 2 N–H and O–H groups in total. The number of hydrogen-bond donors (Lipinski definition) is 2. The second-order valence-electron chi connectivity index (χ2n) is 10.6. The highest BCUT2D eigenvalue weighted by atomic mass is 35.5. The van der Waals surface area contributed by atoms with E-state index in [0.717, 1.165) is 36.8 Å². The Labute approximate surface area is 207 Å². The Kier molecular flexibility index (Phi) is 7.07. The van der Waals surface area contributed by atoms with Crippen LogP contribution in [0.4, 0.5) is 0 Å². The number of carbonyl (C=O) groups excluding carboxylic acids is 2. The van der Waals surface area contributed by atoms with Gasteiger partial charge in [0.1, 0.15) is 0 Å². The second-order valence-corrected chi connectivity index (χ2v) is 11.0. The first-order chi connectivity index (χ1) is 16.1. The maximum absolute atomic E-state index is 13.7. The van der Waals surface area contributed by atoms with E-state index < -0.39 is 11.0 Å². The molecule has 1 saturated carbocycles. The quantitative estimate of drug-likeness (QED) is 0.638. The third-order valence-corrected chi connectivity index (χ3v) is 8.01. The number of carbonyl (C=O) groups is 2. The fourth-order valence-corrected chi connectivity index (χ4v) is 5.77. The van der Waals surface area contributed by atoms with Crippen molar-refractivity contribution in [2.24, 2.45) is 11.3 Å². The Balaban J connectivity index is 1.48. The standard InChI is InChI=1S/C28H35ClN2O3/c1-19-7-6-8-20(17-19)25(32)30-24-10-5-4-9-23(24)26(33)31-16-15-28(34,27(2,3)18-31)21-11-13-22(29)14-12-21/h6-8,11-14,17,23-24,34H,4-5,9-10,15-16,18H2,1-3H3,(H,30,32)/t23-,24+,28-/m0/s1. The molecule has 1 heterocycles. The highest BCUT2D eigenvalue weighted by molar-refractivity contribution is 6.30. The van der Waals surface area contributed by atoms with Crippen molar-refractivity contribution in [3.8, 4) is 0 Å². The summed E-state index contributed by atoms with van der Waals surface area (Å²) in [5.41, 5.74) is 0.912. The van der Waals surface area contributed by atoms with E-state index in [4.69, 9.17) is 11.6 Å². The van der Waals surface area contributed by atoms with Gasteiger partial charge in [-0.2, -0.15) is 0 Å². The van der Waals surface area contributed by atoms with E-state index in [1.807, 2.05) is 62.1 Å². The second kappa shape index (κ2) is 9.71. The lowest BCUT2D eigenvalue weighted by molar-refractivity contribution is -0.158. The van der Waals surface area contributed by atoms with Gasteiger partial charge in [0.05, 0.1) is 11.5 Å². The zero-order chi connectivity index (χ0) is 24.5. The molecule has 2 fully saturated rings. The normalized spacial score (nSPS) is 26.7. The third kappa shape index (κ3) is 4.87. The van der Waals surface area contributed by atoms with Crippen molar-refractivity contribution in [3.63, 3.8) is 0 Å². The lowest BCUT2D eigenvalue weighted by atomic mass is 9.66. The van der Waals surface area contributed by atoms with Gasteiger partial charge in [-0.3, -0.25) is 9.59 Å². The molecule has 2 aromatic rings. The number of likely N-dealkylation sites (tertiary alicyclic amines) is 1. The predicted molar refractivity (Wildman–Crippen MR) is 135 cm³/mol. The summed E-state index contributed by atoms with van der Waals surface area (Å²) < 4.78 is 0. The Morgan fingerprint density at radius 2 is 1.79 bits per heavy atom.